The van der Waals surface area contributed by atoms with Gasteiger partial charge in [-0.1, -0.05) is 18.2 Å². The quantitative estimate of drug-likeness (QED) is 0.588. The molecular weight excluding hydrogens is 228 g/mol. The van der Waals surface area contributed by atoms with E-state index in [4.69, 9.17) is 0 Å². The number of fused-ring (bicyclic) bond motifs is 1. The van der Waals surface area contributed by atoms with Gasteiger partial charge in [-0.25, -0.2) is 0 Å². The van der Waals surface area contributed by atoms with Crippen molar-refractivity contribution in [2.75, 3.05) is 23.9 Å². The highest BCUT2D eigenvalue weighted by atomic mass is 16.2. The van der Waals surface area contributed by atoms with E-state index in [9.17, 15) is 9.59 Å². The Bertz CT molecular complexity index is 469. The van der Waals surface area contributed by atoms with Crippen molar-refractivity contribution in [1.29, 1.82) is 0 Å². The molecule has 0 fully saturated rings. The van der Waals surface area contributed by atoms with Gasteiger partial charge in [0.1, 0.15) is 5.92 Å². The molecule has 0 saturated heterocycles. The smallest absolute Gasteiger partial charge is 0.239 e. The molecule has 1 aromatic rings. The second-order valence-electron chi connectivity index (χ2n) is 4.36. The third kappa shape index (κ3) is 1.79. The van der Waals surface area contributed by atoms with Crippen LogP contribution in [0.1, 0.15) is 6.42 Å². The summed E-state index contributed by atoms with van der Waals surface area (Å²) in [6.07, 6.45) is 1.97. The summed E-state index contributed by atoms with van der Waals surface area (Å²) in [6, 6.07) is 7.39. The van der Waals surface area contributed by atoms with Crippen molar-refractivity contribution >= 4 is 23.2 Å². The highest BCUT2D eigenvalue weighted by molar-refractivity contribution is 6.17. The van der Waals surface area contributed by atoms with Gasteiger partial charge in [0.25, 0.3) is 0 Å². The Morgan fingerprint density at radius 2 is 1.56 bits per heavy atom. The van der Waals surface area contributed by atoms with Crippen LogP contribution in [0.25, 0.3) is 0 Å². The number of allylic oxidation sites excluding steroid dienone is 1. The lowest BCUT2D eigenvalue weighted by molar-refractivity contribution is -0.131. The third-order valence-electron chi connectivity index (χ3n) is 3.26. The highest BCUT2D eigenvalue weighted by Gasteiger charge is 2.36. The minimum atomic E-state index is -0.676. The topological polar surface area (TPSA) is 40.6 Å². The van der Waals surface area contributed by atoms with E-state index >= 15 is 0 Å². The second kappa shape index (κ2) is 4.64. The van der Waals surface area contributed by atoms with Crippen LogP contribution in [0, 0.1) is 5.92 Å². The number of para-hydroxylation sites is 2. The molecule has 94 valence electrons. The fourth-order valence-corrected chi connectivity index (χ4v) is 2.21. The first-order valence-electron chi connectivity index (χ1n) is 5.83. The van der Waals surface area contributed by atoms with Crippen LogP contribution in [-0.2, 0) is 9.59 Å². The van der Waals surface area contributed by atoms with Crippen molar-refractivity contribution in [2.45, 2.75) is 6.42 Å². The molecule has 0 atom stereocenters. The van der Waals surface area contributed by atoms with Crippen LogP contribution >= 0.6 is 0 Å². The largest absolute Gasteiger partial charge is 0.313 e. The van der Waals surface area contributed by atoms with E-state index in [0.29, 0.717) is 6.42 Å². The number of hydrogen-bond donors (Lipinski definition) is 0. The third-order valence-corrected chi connectivity index (χ3v) is 3.26. The first-order valence-corrected chi connectivity index (χ1v) is 5.83. The first kappa shape index (κ1) is 12.4. The lowest BCUT2D eigenvalue weighted by atomic mass is 10.0. The van der Waals surface area contributed by atoms with Gasteiger partial charge < -0.3 is 9.80 Å². The number of benzene rings is 1. The summed E-state index contributed by atoms with van der Waals surface area (Å²) < 4.78 is 0. The Labute approximate surface area is 106 Å². The number of rotatable bonds is 2. The number of carbonyl (C=O) groups excluding carboxylic acids is 2. The van der Waals surface area contributed by atoms with Crippen molar-refractivity contribution < 1.29 is 9.59 Å². The van der Waals surface area contributed by atoms with E-state index in [2.05, 4.69) is 6.58 Å². The van der Waals surface area contributed by atoms with Crippen LogP contribution in [-0.4, -0.2) is 25.9 Å². The molecule has 0 N–H and O–H groups in total. The van der Waals surface area contributed by atoms with Crippen LogP contribution in [0.4, 0.5) is 11.4 Å². The summed E-state index contributed by atoms with van der Waals surface area (Å²) in [5, 5.41) is 0. The Kier molecular flexibility index (Phi) is 3.19. The molecule has 0 spiro atoms. The van der Waals surface area contributed by atoms with Crippen LogP contribution < -0.4 is 9.80 Å². The minimum Gasteiger partial charge on any atom is -0.313 e. The van der Waals surface area contributed by atoms with Crippen LogP contribution in [0.5, 0.6) is 0 Å². The number of amides is 2. The lowest BCUT2D eigenvalue weighted by Gasteiger charge is -2.19. The second-order valence-corrected chi connectivity index (χ2v) is 4.36. The molecule has 0 saturated carbocycles. The molecule has 4 heteroatoms. The van der Waals surface area contributed by atoms with Crippen molar-refractivity contribution in [3.63, 3.8) is 0 Å². The average molecular weight is 244 g/mol. The summed E-state index contributed by atoms with van der Waals surface area (Å²) >= 11 is 0. The zero-order valence-electron chi connectivity index (χ0n) is 10.6. The molecule has 0 radical (unpaired) electrons. The molecule has 0 aliphatic carbocycles. The molecule has 4 nitrogen and oxygen atoms in total. The molecule has 2 rings (SSSR count). The SMILES string of the molecule is C=CCC1C(=O)N(C)c2ccccc2N(C)C1=O. The molecule has 1 aliphatic rings. The predicted molar refractivity (Wildman–Crippen MR) is 71.6 cm³/mol. The first-order chi connectivity index (χ1) is 8.57. The van der Waals surface area contributed by atoms with Gasteiger partial charge in [0, 0.05) is 14.1 Å². The van der Waals surface area contributed by atoms with E-state index in [1.807, 2.05) is 24.3 Å². The molecule has 18 heavy (non-hydrogen) atoms. The van der Waals surface area contributed by atoms with Gasteiger partial charge >= 0.3 is 0 Å². The average Bonchev–Trinajstić information content (AvgIpc) is 2.46. The minimum absolute atomic E-state index is 0.184. The summed E-state index contributed by atoms with van der Waals surface area (Å²) in [5.41, 5.74) is 1.51. The molecule has 0 bridgehead atoms. The van der Waals surface area contributed by atoms with Gasteiger partial charge in [0.05, 0.1) is 11.4 Å². The zero-order chi connectivity index (χ0) is 13.3. The summed E-state index contributed by atoms with van der Waals surface area (Å²) in [5.74, 6) is -1.04. The van der Waals surface area contributed by atoms with E-state index in [0.717, 1.165) is 11.4 Å². The van der Waals surface area contributed by atoms with Gasteiger partial charge in [-0.2, -0.15) is 0 Å². The van der Waals surface area contributed by atoms with Crippen molar-refractivity contribution in [3.05, 3.63) is 36.9 Å². The summed E-state index contributed by atoms with van der Waals surface area (Å²) in [7, 11) is 3.40. The van der Waals surface area contributed by atoms with Crippen LogP contribution in [0.2, 0.25) is 0 Å². The van der Waals surface area contributed by atoms with Crippen LogP contribution in [0.3, 0.4) is 0 Å². The number of anilines is 2. The van der Waals surface area contributed by atoms with Gasteiger partial charge in [0.2, 0.25) is 11.8 Å². The maximum Gasteiger partial charge on any atom is 0.239 e. The molecule has 1 aromatic carbocycles. The fraction of sp³-hybridized carbons (Fsp3) is 0.286. The molecule has 1 aliphatic heterocycles. The standard InChI is InChI=1S/C14H16N2O2/c1-4-7-10-13(17)15(2)11-8-5-6-9-12(11)16(3)14(10)18/h4-6,8-10H,1,7H2,2-3H3. The van der Waals surface area contributed by atoms with E-state index in [1.165, 1.54) is 0 Å². The number of hydrogen-bond acceptors (Lipinski definition) is 2. The lowest BCUT2D eigenvalue weighted by Crippen LogP contribution is -2.39. The molecular formula is C14H16N2O2. The maximum absolute atomic E-state index is 12.3. The van der Waals surface area contributed by atoms with Crippen LogP contribution in [0.15, 0.2) is 36.9 Å². The molecule has 0 aromatic heterocycles. The summed E-state index contributed by atoms with van der Waals surface area (Å²) in [6.45, 7) is 3.61. The monoisotopic (exact) mass is 244 g/mol. The maximum atomic E-state index is 12.3. The Balaban J connectivity index is 2.54. The van der Waals surface area contributed by atoms with Gasteiger partial charge in [-0.15, -0.1) is 6.58 Å². The molecule has 1 heterocycles. The highest BCUT2D eigenvalue weighted by Crippen LogP contribution is 2.33. The van der Waals surface area contributed by atoms with Gasteiger partial charge in [-0.05, 0) is 18.6 Å². The molecule has 2 amide bonds. The fourth-order valence-electron chi connectivity index (χ4n) is 2.21. The normalized spacial score (nSPS) is 16.6. The van der Waals surface area contributed by atoms with Crippen molar-refractivity contribution in [3.8, 4) is 0 Å². The Morgan fingerprint density at radius 3 is 1.94 bits per heavy atom. The van der Waals surface area contributed by atoms with Crippen molar-refractivity contribution in [2.24, 2.45) is 5.92 Å². The van der Waals surface area contributed by atoms with Gasteiger partial charge in [0.15, 0.2) is 0 Å². The van der Waals surface area contributed by atoms with E-state index in [-0.39, 0.29) is 11.8 Å². The van der Waals surface area contributed by atoms with Crippen molar-refractivity contribution in [1.82, 2.24) is 0 Å². The van der Waals surface area contributed by atoms with E-state index < -0.39 is 5.92 Å². The van der Waals surface area contributed by atoms with Gasteiger partial charge in [-0.3, -0.25) is 9.59 Å². The molecule has 0 unspecified atom stereocenters. The Morgan fingerprint density at radius 1 is 1.11 bits per heavy atom. The van der Waals surface area contributed by atoms with E-state index in [1.54, 1.807) is 30.0 Å². The zero-order valence-corrected chi connectivity index (χ0v) is 10.6. The Hall–Kier alpha value is -2.10. The predicted octanol–water partition coefficient (Wildman–Crippen LogP) is 1.82. The number of carbonyl (C=O) groups is 2. The number of nitrogens with zero attached hydrogens (tertiary/aromatic N) is 2. The summed E-state index contributed by atoms with van der Waals surface area (Å²) in [4.78, 5) is 27.7.